The van der Waals surface area contributed by atoms with Crippen LogP contribution in [0.3, 0.4) is 0 Å². The molecule has 0 bridgehead atoms. The summed E-state index contributed by atoms with van der Waals surface area (Å²) < 4.78 is 4.89. The van der Waals surface area contributed by atoms with Gasteiger partial charge < -0.3 is 15.8 Å². The van der Waals surface area contributed by atoms with Crippen molar-refractivity contribution in [3.8, 4) is 0 Å². The Kier molecular flexibility index (Phi) is 6.12. The zero-order valence-electron chi connectivity index (χ0n) is 10.7. The molecule has 0 saturated heterocycles. The van der Waals surface area contributed by atoms with E-state index >= 15 is 0 Å². The van der Waals surface area contributed by atoms with Gasteiger partial charge in [0.1, 0.15) is 0 Å². The number of ether oxygens (including phenoxy) is 1. The van der Waals surface area contributed by atoms with Crippen LogP contribution in [-0.2, 0) is 9.53 Å². The van der Waals surface area contributed by atoms with Crippen LogP contribution in [0, 0.1) is 0 Å². The maximum Gasteiger partial charge on any atom is 0.237 e. The van der Waals surface area contributed by atoms with Gasteiger partial charge in [-0.15, -0.1) is 0 Å². The smallest absolute Gasteiger partial charge is 0.237 e. The first-order valence-corrected chi connectivity index (χ1v) is 6.22. The van der Waals surface area contributed by atoms with Crippen molar-refractivity contribution in [2.45, 2.75) is 25.4 Å². The molecule has 2 unspecified atom stereocenters. The summed E-state index contributed by atoms with van der Waals surface area (Å²) in [7, 11) is 1.58. The van der Waals surface area contributed by atoms with E-state index < -0.39 is 6.04 Å². The van der Waals surface area contributed by atoms with Gasteiger partial charge in [0.05, 0.1) is 12.1 Å². The number of hydrogen-bond donors (Lipinski definition) is 2. The highest BCUT2D eigenvalue weighted by Gasteiger charge is 2.16. The van der Waals surface area contributed by atoms with Gasteiger partial charge in [-0.3, -0.25) is 4.79 Å². The normalized spacial score (nSPS) is 14.0. The number of rotatable bonds is 6. The van der Waals surface area contributed by atoms with Crippen molar-refractivity contribution < 1.29 is 9.53 Å². The maximum atomic E-state index is 11.8. The number of halogens is 1. The van der Waals surface area contributed by atoms with Gasteiger partial charge in [-0.05, 0) is 31.0 Å². The number of amides is 1. The van der Waals surface area contributed by atoms with Crippen molar-refractivity contribution in [1.29, 1.82) is 0 Å². The molecule has 0 aliphatic rings. The third kappa shape index (κ3) is 4.64. The molecule has 0 aliphatic carbocycles. The van der Waals surface area contributed by atoms with Crippen molar-refractivity contribution in [2.24, 2.45) is 5.73 Å². The predicted molar refractivity (Wildman–Crippen MR) is 72.5 cm³/mol. The monoisotopic (exact) mass is 270 g/mol. The van der Waals surface area contributed by atoms with E-state index in [1.165, 1.54) is 0 Å². The van der Waals surface area contributed by atoms with Crippen molar-refractivity contribution >= 4 is 17.5 Å². The summed E-state index contributed by atoms with van der Waals surface area (Å²) in [5.74, 6) is -0.172. The summed E-state index contributed by atoms with van der Waals surface area (Å²) in [6, 6.07) is 6.72. The molecule has 3 N–H and O–H groups in total. The van der Waals surface area contributed by atoms with Gasteiger partial charge in [0.2, 0.25) is 5.91 Å². The number of benzene rings is 1. The largest absolute Gasteiger partial charge is 0.385 e. The second-order valence-corrected chi connectivity index (χ2v) is 4.61. The van der Waals surface area contributed by atoms with Crippen molar-refractivity contribution in [2.75, 3.05) is 13.7 Å². The third-order valence-corrected chi connectivity index (χ3v) is 2.95. The quantitative estimate of drug-likeness (QED) is 0.830. The molecule has 0 heterocycles. The van der Waals surface area contributed by atoms with Crippen LogP contribution < -0.4 is 11.1 Å². The molecule has 5 heteroatoms. The topological polar surface area (TPSA) is 64.3 Å². The Balaban J connectivity index is 2.51. The van der Waals surface area contributed by atoms with Crippen LogP contribution in [0.4, 0.5) is 0 Å². The van der Waals surface area contributed by atoms with Crippen LogP contribution in [0.5, 0.6) is 0 Å². The Bertz CT molecular complexity index is 381. The van der Waals surface area contributed by atoms with E-state index in [-0.39, 0.29) is 11.9 Å². The Morgan fingerprint density at radius 1 is 1.44 bits per heavy atom. The number of carbonyl (C=O) groups is 1. The predicted octanol–water partition coefficient (Wildman–Crippen LogP) is 1.88. The summed E-state index contributed by atoms with van der Waals surface area (Å²) in [5, 5.41) is 3.54. The van der Waals surface area contributed by atoms with Crippen LogP contribution in [0.1, 0.15) is 24.9 Å². The Labute approximate surface area is 112 Å². The van der Waals surface area contributed by atoms with Crippen molar-refractivity contribution in [3.63, 3.8) is 0 Å². The Hall–Kier alpha value is -1.10. The Morgan fingerprint density at radius 3 is 2.61 bits per heavy atom. The molecule has 4 nitrogen and oxygen atoms in total. The van der Waals surface area contributed by atoms with Crippen LogP contribution in [0.15, 0.2) is 24.3 Å². The van der Waals surface area contributed by atoms with Gasteiger partial charge in [-0.2, -0.15) is 0 Å². The number of nitrogens with two attached hydrogens (primary N) is 1. The van der Waals surface area contributed by atoms with E-state index in [9.17, 15) is 4.79 Å². The lowest BCUT2D eigenvalue weighted by Crippen LogP contribution is -2.42. The van der Waals surface area contributed by atoms with E-state index in [1.807, 2.05) is 19.1 Å². The zero-order chi connectivity index (χ0) is 13.5. The molecule has 0 aromatic heterocycles. The fraction of sp³-hybridized carbons (Fsp3) is 0.462. The Morgan fingerprint density at radius 2 is 2.06 bits per heavy atom. The fourth-order valence-corrected chi connectivity index (χ4v) is 1.66. The lowest BCUT2D eigenvalue weighted by atomic mass is 10.1. The lowest BCUT2D eigenvalue weighted by Gasteiger charge is -2.17. The summed E-state index contributed by atoms with van der Waals surface area (Å²) in [5.41, 5.74) is 6.73. The van der Waals surface area contributed by atoms with Gasteiger partial charge in [-0.25, -0.2) is 0 Å². The first-order chi connectivity index (χ1) is 8.54. The van der Waals surface area contributed by atoms with E-state index in [2.05, 4.69) is 5.32 Å². The minimum Gasteiger partial charge on any atom is -0.385 e. The molecular weight excluding hydrogens is 252 g/mol. The van der Waals surface area contributed by atoms with Crippen LogP contribution in [0.2, 0.25) is 5.02 Å². The molecule has 100 valence electrons. The third-order valence-electron chi connectivity index (χ3n) is 2.70. The molecule has 1 aromatic rings. The van der Waals surface area contributed by atoms with Crippen molar-refractivity contribution in [1.82, 2.24) is 5.32 Å². The molecule has 0 radical (unpaired) electrons. The van der Waals surface area contributed by atoms with E-state index in [0.29, 0.717) is 18.1 Å². The first kappa shape index (κ1) is 15.0. The molecule has 1 amide bonds. The number of hydrogen-bond acceptors (Lipinski definition) is 3. The van der Waals surface area contributed by atoms with Crippen molar-refractivity contribution in [3.05, 3.63) is 34.9 Å². The average molecular weight is 271 g/mol. The molecule has 1 rings (SSSR count). The van der Waals surface area contributed by atoms with E-state index in [4.69, 9.17) is 22.1 Å². The molecule has 0 spiro atoms. The lowest BCUT2D eigenvalue weighted by molar-refractivity contribution is -0.123. The fourth-order valence-electron chi connectivity index (χ4n) is 1.53. The maximum absolute atomic E-state index is 11.8. The zero-order valence-corrected chi connectivity index (χ0v) is 11.4. The minimum atomic E-state index is -0.542. The SMILES string of the molecule is COCCC(N)C(=O)NC(C)c1ccc(Cl)cc1. The molecule has 1 aromatic carbocycles. The molecule has 0 fully saturated rings. The summed E-state index contributed by atoms with van der Waals surface area (Å²) in [6.07, 6.45) is 0.510. The summed E-state index contributed by atoms with van der Waals surface area (Å²) >= 11 is 5.81. The van der Waals surface area contributed by atoms with Gasteiger partial charge in [0, 0.05) is 18.7 Å². The number of nitrogens with one attached hydrogen (secondary N) is 1. The van der Waals surface area contributed by atoms with Crippen LogP contribution in [0.25, 0.3) is 0 Å². The van der Waals surface area contributed by atoms with Gasteiger partial charge in [0.25, 0.3) is 0 Å². The highest BCUT2D eigenvalue weighted by molar-refractivity contribution is 6.30. The number of methoxy groups -OCH3 is 1. The average Bonchev–Trinajstić information content (AvgIpc) is 2.36. The summed E-state index contributed by atoms with van der Waals surface area (Å²) in [4.78, 5) is 11.8. The molecule has 0 saturated carbocycles. The standard InChI is InChI=1S/C13H19ClN2O2/c1-9(10-3-5-11(14)6-4-10)16-13(17)12(15)7-8-18-2/h3-6,9,12H,7-8,15H2,1-2H3,(H,16,17). The highest BCUT2D eigenvalue weighted by atomic mass is 35.5. The van der Waals surface area contributed by atoms with Crippen LogP contribution in [-0.4, -0.2) is 25.7 Å². The molecular formula is C13H19ClN2O2. The molecule has 18 heavy (non-hydrogen) atoms. The van der Waals surface area contributed by atoms with E-state index in [1.54, 1.807) is 19.2 Å². The molecule has 0 aliphatic heterocycles. The highest BCUT2D eigenvalue weighted by Crippen LogP contribution is 2.16. The van der Waals surface area contributed by atoms with Gasteiger partial charge >= 0.3 is 0 Å². The summed E-state index contributed by atoms with van der Waals surface area (Å²) in [6.45, 7) is 2.38. The second kappa shape index (κ2) is 7.36. The van der Waals surface area contributed by atoms with E-state index in [0.717, 1.165) is 5.56 Å². The molecule has 2 atom stereocenters. The number of carbonyl (C=O) groups excluding carboxylic acids is 1. The van der Waals surface area contributed by atoms with Gasteiger partial charge in [0.15, 0.2) is 0 Å². The minimum absolute atomic E-state index is 0.0941. The first-order valence-electron chi connectivity index (χ1n) is 5.85. The second-order valence-electron chi connectivity index (χ2n) is 4.17. The van der Waals surface area contributed by atoms with Gasteiger partial charge in [-0.1, -0.05) is 23.7 Å². The van der Waals surface area contributed by atoms with Crippen LogP contribution >= 0.6 is 11.6 Å².